The summed E-state index contributed by atoms with van der Waals surface area (Å²) >= 11 is 0. The molecule has 1 aliphatic carbocycles. The normalized spacial score (nSPS) is 22.4. The largest absolute Gasteiger partial charge is 0.331 e. The third-order valence-electron chi connectivity index (χ3n) is 7.43. The first kappa shape index (κ1) is 25.1. The van der Waals surface area contributed by atoms with Crippen LogP contribution in [0.25, 0.3) is 5.57 Å². The summed E-state index contributed by atoms with van der Waals surface area (Å²) in [7, 11) is 0. The predicted octanol–water partition coefficient (Wildman–Crippen LogP) is 5.13. The minimum absolute atomic E-state index is 0.0815. The van der Waals surface area contributed by atoms with Crippen LogP contribution >= 0.6 is 0 Å². The summed E-state index contributed by atoms with van der Waals surface area (Å²) in [6.07, 6.45) is 5.52. The van der Waals surface area contributed by atoms with Crippen molar-refractivity contribution in [2.75, 3.05) is 13.1 Å². The first-order chi connectivity index (χ1) is 16.7. The third-order valence-corrected chi connectivity index (χ3v) is 7.43. The lowest BCUT2D eigenvalue weighted by Gasteiger charge is -2.45. The molecule has 0 saturated carbocycles. The molecule has 0 bridgehead atoms. The summed E-state index contributed by atoms with van der Waals surface area (Å²) in [4.78, 5) is 29.8. The molecule has 0 aromatic heterocycles. The molecule has 0 unspecified atom stereocenters. The van der Waals surface area contributed by atoms with E-state index in [1.54, 1.807) is 17.6 Å². The lowest BCUT2D eigenvalue weighted by atomic mass is 9.76. The minimum Gasteiger partial charge on any atom is -0.331 e. The molecule has 0 spiro atoms. The van der Waals surface area contributed by atoms with Gasteiger partial charge in [0, 0.05) is 42.8 Å². The van der Waals surface area contributed by atoms with E-state index in [1.165, 1.54) is 5.57 Å². The number of allylic oxidation sites excluding steroid dienone is 2. The number of piperazine rings is 1. The van der Waals surface area contributed by atoms with Crippen molar-refractivity contribution in [1.82, 2.24) is 15.3 Å². The van der Waals surface area contributed by atoms with Gasteiger partial charge in [-0.1, -0.05) is 50.3 Å². The molecule has 2 aromatic carbocycles. The van der Waals surface area contributed by atoms with Gasteiger partial charge < -0.3 is 4.90 Å². The Balaban J connectivity index is 1.47. The molecule has 2 N–H and O–H groups in total. The Bertz CT molecular complexity index is 1090. The van der Waals surface area contributed by atoms with Gasteiger partial charge in [0.15, 0.2) is 0 Å². The Morgan fingerprint density at radius 3 is 2.29 bits per heavy atom. The second kappa shape index (κ2) is 10.3. The van der Waals surface area contributed by atoms with E-state index in [9.17, 15) is 9.59 Å². The van der Waals surface area contributed by atoms with Crippen molar-refractivity contribution in [2.45, 2.75) is 65.6 Å². The monoisotopic (exact) mass is 475 g/mol. The molecular weight excluding hydrogens is 438 g/mol. The SMILES string of the molecule is C[C@@H]1CN(Cc2ccc(C(=O)NO)cc2)C[C@H](C)N1C(=O)c1ccccc1C1=CCC(C)(C)CC1. The fraction of sp³-hybridized carbons (Fsp3) is 0.448. The molecule has 2 aromatic rings. The van der Waals surface area contributed by atoms with E-state index in [0.717, 1.165) is 55.6 Å². The zero-order valence-corrected chi connectivity index (χ0v) is 21.3. The fourth-order valence-corrected chi connectivity index (χ4v) is 5.46. The second-order valence-electron chi connectivity index (χ2n) is 10.9. The minimum atomic E-state index is -0.515. The first-order valence-electron chi connectivity index (χ1n) is 12.6. The van der Waals surface area contributed by atoms with Crippen molar-refractivity contribution in [1.29, 1.82) is 0 Å². The van der Waals surface area contributed by atoms with Gasteiger partial charge in [0.2, 0.25) is 0 Å². The number of benzene rings is 2. The summed E-state index contributed by atoms with van der Waals surface area (Å²) < 4.78 is 0. The Labute approximate surface area is 208 Å². The van der Waals surface area contributed by atoms with Gasteiger partial charge in [-0.2, -0.15) is 0 Å². The van der Waals surface area contributed by atoms with Crippen LogP contribution in [-0.2, 0) is 6.54 Å². The van der Waals surface area contributed by atoms with Crippen LogP contribution in [0.3, 0.4) is 0 Å². The van der Waals surface area contributed by atoms with E-state index in [0.29, 0.717) is 11.0 Å². The first-order valence-corrected chi connectivity index (χ1v) is 12.6. The van der Waals surface area contributed by atoms with Gasteiger partial charge in [-0.3, -0.25) is 19.7 Å². The molecule has 2 atom stereocenters. The van der Waals surface area contributed by atoms with Crippen LogP contribution in [0.2, 0.25) is 0 Å². The maximum Gasteiger partial charge on any atom is 0.274 e. The van der Waals surface area contributed by atoms with Crippen molar-refractivity contribution >= 4 is 17.4 Å². The van der Waals surface area contributed by atoms with Crippen LogP contribution in [0.15, 0.2) is 54.6 Å². The van der Waals surface area contributed by atoms with Gasteiger partial charge in [-0.25, -0.2) is 5.48 Å². The van der Waals surface area contributed by atoms with Crippen LogP contribution in [0.1, 0.15) is 78.8 Å². The standard InChI is InChI=1S/C29H37N3O3/c1-20-17-31(19-22-9-11-24(12-10-22)27(33)30-35)18-21(2)32(20)28(34)26-8-6-5-7-25(26)23-13-15-29(3,4)16-14-23/h5-13,20-21,35H,14-19H2,1-4H3,(H,30,33)/t20-,21+. The number of carbonyl (C=O) groups is 2. The number of rotatable bonds is 5. The molecule has 2 aliphatic rings. The van der Waals surface area contributed by atoms with Crippen molar-refractivity contribution in [2.24, 2.45) is 5.41 Å². The highest BCUT2D eigenvalue weighted by molar-refractivity contribution is 5.99. The highest BCUT2D eigenvalue weighted by atomic mass is 16.5. The summed E-state index contributed by atoms with van der Waals surface area (Å²) in [5.74, 6) is -0.399. The average molecular weight is 476 g/mol. The molecule has 1 heterocycles. The molecular formula is C29H37N3O3. The zero-order valence-electron chi connectivity index (χ0n) is 21.3. The number of hydrogen-bond donors (Lipinski definition) is 2. The van der Waals surface area contributed by atoms with Gasteiger partial charge in [-0.15, -0.1) is 0 Å². The van der Waals surface area contributed by atoms with Gasteiger partial charge in [0.1, 0.15) is 0 Å². The average Bonchev–Trinajstić information content (AvgIpc) is 2.83. The molecule has 6 heteroatoms. The second-order valence-corrected chi connectivity index (χ2v) is 10.9. The van der Waals surface area contributed by atoms with Crippen LogP contribution < -0.4 is 5.48 Å². The van der Waals surface area contributed by atoms with Gasteiger partial charge in [0.25, 0.3) is 11.8 Å². The smallest absolute Gasteiger partial charge is 0.274 e. The van der Waals surface area contributed by atoms with E-state index >= 15 is 0 Å². The van der Waals surface area contributed by atoms with E-state index in [2.05, 4.69) is 49.6 Å². The highest BCUT2D eigenvalue weighted by Crippen LogP contribution is 2.39. The van der Waals surface area contributed by atoms with Crippen molar-refractivity contribution in [3.8, 4) is 0 Å². The van der Waals surface area contributed by atoms with Gasteiger partial charge in [-0.05, 0) is 73.4 Å². The quantitative estimate of drug-likeness (QED) is 0.464. The Morgan fingerprint density at radius 2 is 1.69 bits per heavy atom. The number of nitrogens with one attached hydrogen (secondary N) is 1. The number of nitrogens with zero attached hydrogens (tertiary/aromatic N) is 2. The summed E-state index contributed by atoms with van der Waals surface area (Å²) in [5.41, 5.74) is 6.69. The molecule has 0 radical (unpaired) electrons. The predicted molar refractivity (Wildman–Crippen MR) is 138 cm³/mol. The lowest BCUT2D eigenvalue weighted by molar-refractivity contribution is 0.0268. The maximum atomic E-state index is 13.8. The number of hydrogen-bond acceptors (Lipinski definition) is 4. The third kappa shape index (κ3) is 5.65. The van der Waals surface area contributed by atoms with Crippen molar-refractivity contribution in [3.05, 3.63) is 76.9 Å². The number of amides is 2. The van der Waals surface area contributed by atoms with E-state index < -0.39 is 5.91 Å². The van der Waals surface area contributed by atoms with Crippen LogP contribution in [-0.4, -0.2) is 52.0 Å². The molecule has 1 fully saturated rings. The van der Waals surface area contributed by atoms with E-state index in [-0.39, 0.29) is 18.0 Å². The topological polar surface area (TPSA) is 72.9 Å². The molecule has 1 saturated heterocycles. The number of hydroxylamine groups is 1. The van der Waals surface area contributed by atoms with Crippen molar-refractivity contribution < 1.29 is 14.8 Å². The van der Waals surface area contributed by atoms with E-state index in [4.69, 9.17) is 5.21 Å². The highest BCUT2D eigenvalue weighted by Gasteiger charge is 2.34. The van der Waals surface area contributed by atoms with Crippen LogP contribution in [0.4, 0.5) is 0 Å². The fourth-order valence-electron chi connectivity index (χ4n) is 5.46. The van der Waals surface area contributed by atoms with Crippen LogP contribution in [0.5, 0.6) is 0 Å². The summed E-state index contributed by atoms with van der Waals surface area (Å²) in [6.45, 7) is 11.2. The van der Waals surface area contributed by atoms with Crippen molar-refractivity contribution in [3.63, 3.8) is 0 Å². The summed E-state index contributed by atoms with van der Waals surface area (Å²) in [5, 5.41) is 8.80. The Kier molecular flexibility index (Phi) is 7.43. The Morgan fingerprint density at radius 1 is 1.03 bits per heavy atom. The lowest BCUT2D eigenvalue weighted by Crippen LogP contribution is -2.58. The molecule has 186 valence electrons. The molecule has 6 nitrogen and oxygen atoms in total. The zero-order chi connectivity index (χ0) is 25.2. The maximum absolute atomic E-state index is 13.8. The molecule has 2 amide bonds. The molecule has 4 rings (SSSR count). The van der Waals surface area contributed by atoms with E-state index in [1.807, 2.05) is 30.3 Å². The Hall–Kier alpha value is -2.96. The number of carbonyl (C=O) groups excluding carboxylic acids is 2. The van der Waals surface area contributed by atoms with Gasteiger partial charge in [0.05, 0.1) is 0 Å². The molecule has 35 heavy (non-hydrogen) atoms. The van der Waals surface area contributed by atoms with Crippen LogP contribution in [0, 0.1) is 5.41 Å². The summed E-state index contributed by atoms with van der Waals surface area (Å²) in [6, 6.07) is 15.5. The van der Waals surface area contributed by atoms with Gasteiger partial charge >= 0.3 is 0 Å². The molecule has 1 aliphatic heterocycles.